The molecule has 3 fully saturated rings. The molecule has 6 nitrogen and oxygen atoms in total. The highest BCUT2D eigenvalue weighted by Gasteiger charge is 2.44. The standard InChI is InChI=1S/C23H20ClFN4O2/c24-15-6-8-21(26-10-15)31-20-9-14-5-7-19(20)29(13-14)23(30)18-4-2-1-3-17(18)22-27-11-16(25)12-28-22/h1-4,6,8,10-12,14,19-20H,5,7,9,13H2/t14-,19+,20-/m1/s1. The topological polar surface area (TPSA) is 68.2 Å². The molecule has 8 heteroatoms. The number of hydrogen-bond donors (Lipinski definition) is 0. The number of pyridine rings is 1. The fraction of sp³-hybridized carbons (Fsp3) is 0.304. The van der Waals surface area contributed by atoms with Crippen LogP contribution in [0.15, 0.2) is 55.0 Å². The first-order valence-corrected chi connectivity index (χ1v) is 10.6. The van der Waals surface area contributed by atoms with Crippen LogP contribution in [-0.2, 0) is 0 Å². The first-order valence-electron chi connectivity index (χ1n) is 10.2. The van der Waals surface area contributed by atoms with Crippen molar-refractivity contribution in [2.45, 2.75) is 31.4 Å². The van der Waals surface area contributed by atoms with Crippen LogP contribution in [0.2, 0.25) is 5.02 Å². The van der Waals surface area contributed by atoms with E-state index in [1.807, 2.05) is 17.0 Å². The van der Waals surface area contributed by atoms with Crippen LogP contribution in [0.3, 0.4) is 0 Å². The number of piperidine rings is 2. The van der Waals surface area contributed by atoms with E-state index < -0.39 is 5.82 Å². The van der Waals surface area contributed by atoms with Crippen molar-refractivity contribution >= 4 is 17.5 Å². The zero-order valence-electron chi connectivity index (χ0n) is 16.6. The molecule has 2 aliphatic heterocycles. The van der Waals surface area contributed by atoms with Crippen LogP contribution in [0.1, 0.15) is 29.6 Å². The first kappa shape index (κ1) is 19.9. The highest BCUT2D eigenvalue weighted by Crippen LogP contribution is 2.38. The molecule has 6 rings (SSSR count). The van der Waals surface area contributed by atoms with E-state index in [9.17, 15) is 9.18 Å². The monoisotopic (exact) mass is 438 g/mol. The zero-order valence-corrected chi connectivity index (χ0v) is 17.4. The van der Waals surface area contributed by atoms with E-state index in [0.29, 0.717) is 40.3 Å². The number of benzene rings is 1. The summed E-state index contributed by atoms with van der Waals surface area (Å²) >= 11 is 5.92. The van der Waals surface area contributed by atoms with Gasteiger partial charge in [0, 0.05) is 24.4 Å². The predicted octanol–water partition coefficient (Wildman–Crippen LogP) is 4.40. The molecule has 1 amide bonds. The van der Waals surface area contributed by atoms with Gasteiger partial charge in [0.2, 0.25) is 5.88 Å². The summed E-state index contributed by atoms with van der Waals surface area (Å²) in [6, 6.07) is 10.6. The van der Waals surface area contributed by atoms with Gasteiger partial charge in [0.25, 0.3) is 5.91 Å². The van der Waals surface area contributed by atoms with Crippen molar-refractivity contribution in [3.8, 4) is 17.3 Å². The molecule has 0 N–H and O–H groups in total. The molecular weight excluding hydrogens is 419 g/mol. The van der Waals surface area contributed by atoms with E-state index in [0.717, 1.165) is 31.7 Å². The third-order valence-corrected chi connectivity index (χ3v) is 6.20. The molecule has 158 valence electrons. The van der Waals surface area contributed by atoms with Crippen LogP contribution in [0.4, 0.5) is 4.39 Å². The summed E-state index contributed by atoms with van der Waals surface area (Å²) in [5.74, 6) is 0.605. The molecule has 0 radical (unpaired) electrons. The molecule has 3 aromatic rings. The molecule has 2 saturated heterocycles. The van der Waals surface area contributed by atoms with Gasteiger partial charge in [-0.15, -0.1) is 0 Å². The lowest BCUT2D eigenvalue weighted by Crippen LogP contribution is -2.59. The van der Waals surface area contributed by atoms with Gasteiger partial charge in [0.15, 0.2) is 11.6 Å². The molecule has 2 aromatic heterocycles. The van der Waals surface area contributed by atoms with Gasteiger partial charge in [-0.2, -0.15) is 0 Å². The van der Waals surface area contributed by atoms with Crippen LogP contribution in [-0.4, -0.2) is 44.4 Å². The Kier molecular flexibility index (Phi) is 5.28. The van der Waals surface area contributed by atoms with E-state index in [4.69, 9.17) is 16.3 Å². The average molecular weight is 439 g/mol. The predicted molar refractivity (Wildman–Crippen MR) is 113 cm³/mol. The summed E-state index contributed by atoms with van der Waals surface area (Å²) in [5.41, 5.74) is 1.09. The van der Waals surface area contributed by atoms with Crippen LogP contribution < -0.4 is 4.74 Å². The largest absolute Gasteiger partial charge is 0.472 e. The van der Waals surface area contributed by atoms with Gasteiger partial charge in [-0.05, 0) is 37.3 Å². The molecule has 3 aliphatic rings. The zero-order chi connectivity index (χ0) is 21.4. The minimum absolute atomic E-state index is 0.0443. The second-order valence-corrected chi connectivity index (χ2v) is 8.38. The van der Waals surface area contributed by atoms with Crippen LogP contribution in [0, 0.1) is 11.7 Å². The molecule has 4 heterocycles. The summed E-state index contributed by atoms with van der Waals surface area (Å²) in [5, 5.41) is 0.550. The Hall–Kier alpha value is -3.06. The Labute approximate surface area is 184 Å². The summed E-state index contributed by atoms with van der Waals surface area (Å²) in [6.07, 6.45) is 6.49. The van der Waals surface area contributed by atoms with Gasteiger partial charge < -0.3 is 9.64 Å². The Morgan fingerprint density at radius 3 is 2.61 bits per heavy atom. The highest BCUT2D eigenvalue weighted by molar-refractivity contribution is 6.30. The Balaban J connectivity index is 1.42. The van der Waals surface area contributed by atoms with E-state index in [2.05, 4.69) is 15.0 Å². The summed E-state index contributed by atoms with van der Waals surface area (Å²) in [4.78, 5) is 27.9. The lowest BCUT2D eigenvalue weighted by Gasteiger charge is -2.49. The Morgan fingerprint density at radius 1 is 1.06 bits per heavy atom. The molecule has 0 unspecified atom stereocenters. The maximum absolute atomic E-state index is 13.6. The third-order valence-electron chi connectivity index (χ3n) is 5.97. The number of carbonyl (C=O) groups excluding carboxylic acids is 1. The molecule has 0 spiro atoms. The van der Waals surface area contributed by atoms with E-state index >= 15 is 0 Å². The average Bonchev–Trinajstić information content (AvgIpc) is 2.81. The van der Waals surface area contributed by atoms with Gasteiger partial charge in [-0.1, -0.05) is 29.8 Å². The van der Waals surface area contributed by atoms with Crippen molar-refractivity contribution < 1.29 is 13.9 Å². The fourth-order valence-corrected chi connectivity index (χ4v) is 4.66. The maximum Gasteiger partial charge on any atom is 0.254 e. The van der Waals surface area contributed by atoms with Crippen LogP contribution >= 0.6 is 11.6 Å². The molecule has 31 heavy (non-hydrogen) atoms. The highest BCUT2D eigenvalue weighted by atomic mass is 35.5. The van der Waals surface area contributed by atoms with Crippen molar-refractivity contribution in [2.75, 3.05) is 6.54 Å². The van der Waals surface area contributed by atoms with Crippen molar-refractivity contribution in [1.82, 2.24) is 19.9 Å². The number of carbonyl (C=O) groups is 1. The number of amides is 1. The molecule has 1 aromatic carbocycles. The molecule has 2 bridgehead atoms. The van der Waals surface area contributed by atoms with Gasteiger partial charge in [-0.3, -0.25) is 4.79 Å². The lowest BCUT2D eigenvalue weighted by molar-refractivity contribution is -0.0313. The number of nitrogens with zero attached hydrogens (tertiary/aromatic N) is 4. The number of aromatic nitrogens is 3. The number of fused-ring (bicyclic) bond motifs is 3. The first-order chi connectivity index (χ1) is 15.1. The van der Waals surface area contributed by atoms with E-state index in [1.165, 1.54) is 0 Å². The second-order valence-electron chi connectivity index (χ2n) is 7.95. The number of hydrogen-bond acceptors (Lipinski definition) is 5. The van der Waals surface area contributed by atoms with Crippen LogP contribution in [0.5, 0.6) is 5.88 Å². The summed E-state index contributed by atoms with van der Waals surface area (Å²) in [7, 11) is 0. The van der Waals surface area contributed by atoms with E-state index in [-0.39, 0.29) is 18.1 Å². The molecular formula is C23H20ClFN4O2. The van der Waals surface area contributed by atoms with Crippen molar-refractivity contribution in [1.29, 1.82) is 0 Å². The molecule has 1 saturated carbocycles. The second kappa shape index (κ2) is 8.23. The number of rotatable bonds is 4. The van der Waals surface area contributed by atoms with Gasteiger partial charge in [0.1, 0.15) is 6.10 Å². The summed E-state index contributed by atoms with van der Waals surface area (Å²) < 4.78 is 19.4. The fourth-order valence-electron chi connectivity index (χ4n) is 4.55. The minimum Gasteiger partial charge on any atom is -0.472 e. The van der Waals surface area contributed by atoms with Crippen molar-refractivity contribution in [3.05, 3.63) is 71.4 Å². The van der Waals surface area contributed by atoms with Crippen molar-refractivity contribution in [3.63, 3.8) is 0 Å². The summed E-state index contributed by atoms with van der Waals surface area (Å²) in [6.45, 7) is 0.690. The number of ether oxygens (including phenoxy) is 1. The minimum atomic E-state index is -0.517. The van der Waals surface area contributed by atoms with Gasteiger partial charge >= 0.3 is 0 Å². The Morgan fingerprint density at radius 2 is 1.87 bits per heavy atom. The SMILES string of the molecule is O=C(c1ccccc1-c1ncc(F)cn1)N1C[C@@H]2CC[C@H]1[C@H](Oc1ccc(Cl)cn1)C2. The Bertz CT molecular complexity index is 1090. The number of halogens is 2. The quantitative estimate of drug-likeness (QED) is 0.603. The normalized spacial score (nSPS) is 22.4. The lowest BCUT2D eigenvalue weighted by atomic mass is 9.77. The third kappa shape index (κ3) is 3.97. The van der Waals surface area contributed by atoms with E-state index in [1.54, 1.807) is 30.5 Å². The molecule has 1 aliphatic carbocycles. The smallest absolute Gasteiger partial charge is 0.254 e. The maximum atomic E-state index is 13.6. The van der Waals surface area contributed by atoms with Gasteiger partial charge in [0.05, 0.1) is 29.0 Å². The molecule has 3 atom stereocenters. The van der Waals surface area contributed by atoms with Gasteiger partial charge in [-0.25, -0.2) is 19.3 Å². The van der Waals surface area contributed by atoms with Crippen molar-refractivity contribution in [2.24, 2.45) is 5.92 Å². The van der Waals surface area contributed by atoms with Crippen LogP contribution in [0.25, 0.3) is 11.4 Å².